The molecule has 1 atom stereocenters. The summed E-state index contributed by atoms with van der Waals surface area (Å²) in [6, 6.07) is 9.94. The number of halogens is 2. The second-order valence-corrected chi connectivity index (χ2v) is 14.5. The molecule has 3 heterocycles. The summed E-state index contributed by atoms with van der Waals surface area (Å²) < 4.78 is 37.5. The summed E-state index contributed by atoms with van der Waals surface area (Å²) in [5, 5.41) is 17.5. The van der Waals surface area contributed by atoms with Gasteiger partial charge in [-0.05, 0) is 134 Å². The molecule has 2 saturated carbocycles. The average Bonchev–Trinajstić information content (AvgIpc) is 3.04. The number of aromatic nitrogens is 3. The molecule has 12 heteroatoms. The summed E-state index contributed by atoms with van der Waals surface area (Å²) in [5.41, 5.74) is 0.951. The van der Waals surface area contributed by atoms with Gasteiger partial charge >= 0.3 is 12.1 Å². The van der Waals surface area contributed by atoms with Gasteiger partial charge in [0.1, 0.15) is 28.9 Å². The highest BCUT2D eigenvalue weighted by molar-refractivity contribution is 5.73. The Kier molecular flexibility index (Phi) is 11.2. The second kappa shape index (κ2) is 15.1. The van der Waals surface area contributed by atoms with Crippen LogP contribution in [0.5, 0.6) is 0 Å². The third kappa shape index (κ3) is 9.71. The zero-order valence-electron chi connectivity index (χ0n) is 28.8. The Labute approximate surface area is 286 Å². The Morgan fingerprint density at radius 2 is 1.63 bits per heavy atom. The molecule has 1 amide bonds. The van der Waals surface area contributed by atoms with E-state index in [0.717, 1.165) is 24.0 Å². The van der Waals surface area contributed by atoms with Crippen LogP contribution in [0.1, 0.15) is 102 Å². The molecule has 0 aliphatic heterocycles. The molecule has 0 aromatic carbocycles. The number of carbonyl (C=O) groups is 2. The van der Waals surface area contributed by atoms with E-state index in [1.54, 1.807) is 25.3 Å². The van der Waals surface area contributed by atoms with Crippen LogP contribution in [0.4, 0.5) is 25.2 Å². The minimum atomic E-state index is -2.60. The van der Waals surface area contributed by atoms with Gasteiger partial charge in [0.25, 0.3) is 6.43 Å². The molecule has 49 heavy (non-hydrogen) atoms. The van der Waals surface area contributed by atoms with Crippen LogP contribution in [0.2, 0.25) is 0 Å². The van der Waals surface area contributed by atoms with Crippen molar-refractivity contribution < 1.29 is 33.0 Å². The number of amides is 1. The van der Waals surface area contributed by atoms with Gasteiger partial charge in [0, 0.05) is 29.6 Å². The van der Waals surface area contributed by atoms with Crippen LogP contribution >= 0.6 is 0 Å². The Balaban J connectivity index is 1.12. The lowest BCUT2D eigenvalue weighted by Gasteiger charge is -2.37. The topological polar surface area (TPSA) is 136 Å². The summed E-state index contributed by atoms with van der Waals surface area (Å²) in [4.78, 5) is 38.5. The summed E-state index contributed by atoms with van der Waals surface area (Å²) in [6.07, 6.45) is 5.26. The number of hydrogen-bond donors (Lipinski definition) is 3. The Hall–Kier alpha value is -4.19. The number of alkyl halides is 2. The lowest BCUT2D eigenvalue weighted by Crippen LogP contribution is -2.42. The van der Waals surface area contributed by atoms with E-state index in [1.165, 1.54) is 18.3 Å². The SMILES string of the molecule is Cc1cc(Nc2cc(C(F)F)ccn2)nc(-c2ccc([C@](C)(O)[C@H]3CC[C@H](C(=O)O[C@H]4CC[C@@H](NC(=O)OC(C)(C)C)CC4)CC3)nc2)c1. The molecular weight excluding hydrogens is 632 g/mol. The van der Waals surface area contributed by atoms with Crippen molar-refractivity contribution >= 4 is 23.7 Å². The number of nitrogens with one attached hydrogen (secondary N) is 2. The van der Waals surface area contributed by atoms with Crippen molar-refractivity contribution in [1.29, 1.82) is 0 Å². The maximum atomic E-state index is 13.1. The van der Waals surface area contributed by atoms with Crippen LogP contribution in [0.25, 0.3) is 11.3 Å². The van der Waals surface area contributed by atoms with Crippen molar-refractivity contribution in [1.82, 2.24) is 20.3 Å². The van der Waals surface area contributed by atoms with E-state index in [1.807, 2.05) is 39.8 Å². The first-order valence-electron chi connectivity index (χ1n) is 17.1. The lowest BCUT2D eigenvalue weighted by atomic mass is 9.73. The standard InChI is InChI=1S/C37H47F2N5O5/c1-22-18-29(43-32(19-22)44-31-20-24(33(38)39)16-17-40-31)25-8-15-30(41-21-25)37(5,47)26-9-6-23(7-10-26)34(45)48-28-13-11-27(12-14-28)42-35(46)49-36(2,3)4/h8,15-21,23,26-28,33,47H,6-7,9-14H2,1-5H3,(H,42,46)(H,40,43,44)/t23-,26-,27-,28+,37-/m1/s1. The van der Waals surface area contributed by atoms with Crippen molar-refractivity contribution in [2.24, 2.45) is 11.8 Å². The highest BCUT2D eigenvalue weighted by Gasteiger charge is 2.40. The predicted molar refractivity (Wildman–Crippen MR) is 181 cm³/mol. The maximum absolute atomic E-state index is 13.1. The van der Waals surface area contributed by atoms with E-state index < -0.39 is 23.7 Å². The number of anilines is 2. The Bertz CT molecular complexity index is 1600. The normalized spacial score (nSPS) is 22.6. The molecule has 0 spiro atoms. The maximum Gasteiger partial charge on any atom is 0.407 e. The monoisotopic (exact) mass is 679 g/mol. The fraction of sp³-hybridized carbons (Fsp3) is 0.541. The third-order valence-electron chi connectivity index (χ3n) is 9.37. The highest BCUT2D eigenvalue weighted by Crippen LogP contribution is 2.41. The number of aryl methyl sites for hydroxylation is 1. The van der Waals surface area contributed by atoms with Crippen LogP contribution < -0.4 is 10.6 Å². The Morgan fingerprint density at radius 3 is 2.27 bits per heavy atom. The summed E-state index contributed by atoms with van der Waals surface area (Å²) >= 11 is 0. The van der Waals surface area contributed by atoms with Gasteiger partial charge < -0.3 is 25.2 Å². The Morgan fingerprint density at radius 1 is 0.918 bits per heavy atom. The molecule has 264 valence electrons. The first-order chi connectivity index (χ1) is 23.2. The number of aliphatic hydroxyl groups is 1. The smallest absolute Gasteiger partial charge is 0.407 e. The van der Waals surface area contributed by atoms with Crippen LogP contribution in [0, 0.1) is 18.8 Å². The number of rotatable bonds is 9. The van der Waals surface area contributed by atoms with Crippen LogP contribution in [0.3, 0.4) is 0 Å². The van der Waals surface area contributed by atoms with Crippen molar-refractivity contribution in [3.05, 3.63) is 65.6 Å². The molecule has 0 unspecified atom stereocenters. The molecular formula is C37H47F2N5O5. The molecule has 3 aromatic rings. The molecule has 0 saturated heterocycles. The number of esters is 1. The van der Waals surface area contributed by atoms with Gasteiger partial charge in [0.15, 0.2) is 0 Å². The lowest BCUT2D eigenvalue weighted by molar-refractivity contribution is -0.158. The van der Waals surface area contributed by atoms with E-state index in [-0.39, 0.29) is 41.3 Å². The summed E-state index contributed by atoms with van der Waals surface area (Å²) in [6.45, 7) is 9.17. The minimum Gasteiger partial charge on any atom is -0.462 e. The zero-order chi connectivity index (χ0) is 35.3. The van der Waals surface area contributed by atoms with Crippen molar-refractivity contribution in [3.8, 4) is 11.3 Å². The van der Waals surface area contributed by atoms with Crippen molar-refractivity contribution in [3.63, 3.8) is 0 Å². The summed E-state index contributed by atoms with van der Waals surface area (Å²) in [7, 11) is 0. The number of alkyl carbamates (subject to hydrolysis) is 1. The van der Waals surface area contributed by atoms with Gasteiger partial charge in [-0.2, -0.15) is 0 Å². The van der Waals surface area contributed by atoms with Gasteiger partial charge in [0.05, 0.1) is 17.3 Å². The van der Waals surface area contributed by atoms with Crippen LogP contribution in [0.15, 0.2) is 48.8 Å². The number of hydrogen-bond acceptors (Lipinski definition) is 9. The fourth-order valence-corrected chi connectivity index (χ4v) is 6.67. The average molecular weight is 680 g/mol. The molecule has 10 nitrogen and oxygen atoms in total. The quantitative estimate of drug-likeness (QED) is 0.193. The van der Waals surface area contributed by atoms with Gasteiger partial charge in [-0.3, -0.25) is 9.78 Å². The zero-order valence-corrected chi connectivity index (χ0v) is 28.8. The van der Waals surface area contributed by atoms with E-state index >= 15 is 0 Å². The molecule has 0 bridgehead atoms. The van der Waals surface area contributed by atoms with Crippen LogP contribution in [-0.4, -0.2) is 49.9 Å². The first kappa shape index (κ1) is 36.1. The van der Waals surface area contributed by atoms with Crippen molar-refractivity contribution in [2.45, 2.75) is 116 Å². The summed E-state index contributed by atoms with van der Waals surface area (Å²) in [5.74, 6) is 0.271. The number of nitrogens with zero attached hydrogens (tertiary/aromatic N) is 3. The highest BCUT2D eigenvalue weighted by atomic mass is 19.3. The van der Waals surface area contributed by atoms with Crippen LogP contribution in [-0.2, 0) is 19.9 Å². The molecule has 2 aliphatic rings. The van der Waals surface area contributed by atoms with Gasteiger partial charge in [-0.1, -0.05) is 0 Å². The molecule has 0 radical (unpaired) electrons. The molecule has 2 aliphatic carbocycles. The van der Waals surface area contributed by atoms with E-state index in [9.17, 15) is 23.5 Å². The van der Waals surface area contributed by atoms with Gasteiger partial charge in [0.2, 0.25) is 0 Å². The number of carbonyl (C=O) groups excluding carboxylic acids is 2. The van der Waals surface area contributed by atoms with Gasteiger partial charge in [-0.25, -0.2) is 23.5 Å². The largest absolute Gasteiger partial charge is 0.462 e. The third-order valence-corrected chi connectivity index (χ3v) is 9.37. The first-order valence-corrected chi connectivity index (χ1v) is 17.1. The minimum absolute atomic E-state index is 0.00985. The van der Waals surface area contributed by atoms with E-state index in [0.29, 0.717) is 55.7 Å². The van der Waals surface area contributed by atoms with Gasteiger partial charge in [-0.15, -0.1) is 0 Å². The second-order valence-electron chi connectivity index (χ2n) is 14.5. The fourth-order valence-electron chi connectivity index (χ4n) is 6.67. The molecule has 3 N–H and O–H groups in total. The van der Waals surface area contributed by atoms with E-state index in [4.69, 9.17) is 9.47 Å². The van der Waals surface area contributed by atoms with Crippen molar-refractivity contribution in [2.75, 3.05) is 5.32 Å². The molecule has 3 aromatic heterocycles. The number of pyridine rings is 3. The predicted octanol–water partition coefficient (Wildman–Crippen LogP) is 7.92. The molecule has 5 rings (SSSR count). The van der Waals surface area contributed by atoms with E-state index in [2.05, 4.69) is 25.6 Å². The number of ether oxygens (including phenoxy) is 2. The molecule has 2 fully saturated rings.